The summed E-state index contributed by atoms with van der Waals surface area (Å²) in [6, 6.07) is 23.3. The van der Waals surface area contributed by atoms with Crippen molar-refractivity contribution < 1.29 is 14.4 Å². The molecule has 0 aliphatic heterocycles. The summed E-state index contributed by atoms with van der Waals surface area (Å²) >= 11 is 7.35. The van der Waals surface area contributed by atoms with Crippen LogP contribution in [0.3, 0.4) is 0 Å². The lowest BCUT2D eigenvalue weighted by Crippen LogP contribution is -2.35. The Morgan fingerprint density at radius 1 is 0.520 bits per heavy atom. The van der Waals surface area contributed by atoms with E-state index >= 15 is 0 Å². The van der Waals surface area contributed by atoms with Gasteiger partial charge in [0, 0.05) is 59.0 Å². The van der Waals surface area contributed by atoms with E-state index in [1.807, 2.05) is 114 Å². The van der Waals surface area contributed by atoms with Crippen molar-refractivity contribution in [1.29, 1.82) is 0 Å². The highest BCUT2D eigenvalue weighted by molar-refractivity contribution is 9.10. The first-order valence-electron chi connectivity index (χ1n) is 17.4. The lowest BCUT2D eigenvalue weighted by molar-refractivity contribution is -0.125. The minimum absolute atomic E-state index is 0.00928. The van der Waals surface area contributed by atoms with E-state index in [2.05, 4.69) is 88.3 Å². The highest BCUT2D eigenvalue weighted by Gasteiger charge is 2.35. The fraction of sp³-hybridized carbons (Fsp3) is 0.475. The van der Waals surface area contributed by atoms with E-state index in [0.717, 1.165) is 35.5 Å². The van der Waals surface area contributed by atoms with Crippen molar-refractivity contribution in [2.45, 2.75) is 103 Å². The number of halogens is 2. The van der Waals surface area contributed by atoms with Crippen LogP contribution in [0.1, 0.15) is 88.5 Å². The molecule has 10 heteroatoms. The van der Waals surface area contributed by atoms with Crippen LogP contribution in [-0.4, -0.2) is 34.2 Å². The molecule has 0 aliphatic carbocycles. The molecule has 3 aromatic carbocycles. The Labute approximate surface area is 317 Å². The fourth-order valence-corrected chi connectivity index (χ4v) is 7.83. The standard InChI is InChI=1S/C40H55BBr2N4O3/c1-36(2,23-24-41)33(48)44-27-11-17-30(18-12-27)47(31-19-13-28(14-20-31)45-34(49)37(3,4)25-39(7,8)42)32-21-15-29(16-22-32)46-35(50)38(5,6)26-40(9,10)43/h11-22H,23-26,41H2,1-10H3,(H,44,48)(H,45,49)(H,46,50). The van der Waals surface area contributed by atoms with Crippen molar-refractivity contribution in [2.24, 2.45) is 16.2 Å². The first-order chi connectivity index (χ1) is 22.9. The summed E-state index contributed by atoms with van der Waals surface area (Å²) in [6.45, 7) is 20.0. The summed E-state index contributed by atoms with van der Waals surface area (Å²) in [6.07, 6.45) is 3.08. The zero-order chi connectivity index (χ0) is 37.7. The van der Waals surface area contributed by atoms with Crippen LogP contribution in [0, 0.1) is 16.2 Å². The van der Waals surface area contributed by atoms with Gasteiger partial charge in [-0.15, -0.1) is 0 Å². The van der Waals surface area contributed by atoms with Gasteiger partial charge in [0.05, 0.1) is 0 Å². The van der Waals surface area contributed by atoms with Crippen LogP contribution in [0.2, 0.25) is 6.32 Å². The predicted octanol–water partition coefficient (Wildman–Crippen LogP) is 10.6. The molecule has 0 heterocycles. The SMILES string of the molecule is BCCC(C)(C)C(=O)Nc1ccc(N(c2ccc(NC(=O)C(C)(C)CC(C)(C)Br)cc2)c2ccc(NC(=O)C(C)(C)CC(C)(C)Br)cc2)cc1. The molecule has 3 amide bonds. The lowest BCUT2D eigenvalue weighted by Gasteiger charge is -2.30. The maximum absolute atomic E-state index is 13.2. The van der Waals surface area contributed by atoms with E-state index in [9.17, 15) is 14.4 Å². The molecule has 0 radical (unpaired) electrons. The van der Waals surface area contributed by atoms with Crippen molar-refractivity contribution in [1.82, 2.24) is 0 Å². The Bertz CT molecular complexity index is 1540. The maximum atomic E-state index is 13.2. The van der Waals surface area contributed by atoms with Gasteiger partial charge < -0.3 is 20.9 Å². The number of carbonyl (C=O) groups is 3. The number of hydrogen-bond donors (Lipinski definition) is 3. The Morgan fingerprint density at radius 2 is 0.780 bits per heavy atom. The van der Waals surface area contributed by atoms with Crippen LogP contribution in [0.5, 0.6) is 0 Å². The molecule has 0 saturated carbocycles. The molecule has 3 rings (SSSR count). The number of alkyl halides is 2. The lowest BCUT2D eigenvalue weighted by atomic mass is 9.82. The summed E-state index contributed by atoms with van der Waals surface area (Å²) in [5, 5.41) is 9.25. The van der Waals surface area contributed by atoms with E-state index in [1.165, 1.54) is 0 Å². The summed E-state index contributed by atoms with van der Waals surface area (Å²) in [5.41, 5.74) is 3.16. The van der Waals surface area contributed by atoms with Crippen LogP contribution in [0.4, 0.5) is 34.1 Å². The van der Waals surface area contributed by atoms with E-state index < -0.39 is 16.2 Å². The van der Waals surface area contributed by atoms with E-state index in [4.69, 9.17) is 0 Å². The van der Waals surface area contributed by atoms with Gasteiger partial charge in [-0.25, -0.2) is 0 Å². The van der Waals surface area contributed by atoms with Gasteiger partial charge in [0.2, 0.25) is 17.7 Å². The van der Waals surface area contributed by atoms with E-state index in [0.29, 0.717) is 24.2 Å². The van der Waals surface area contributed by atoms with Crippen LogP contribution in [-0.2, 0) is 14.4 Å². The summed E-state index contributed by atoms with van der Waals surface area (Å²) in [4.78, 5) is 41.5. The average molecular weight is 811 g/mol. The number of amides is 3. The molecular weight excluding hydrogens is 755 g/mol. The van der Waals surface area contributed by atoms with Crippen LogP contribution < -0.4 is 20.9 Å². The number of rotatable bonds is 15. The molecule has 50 heavy (non-hydrogen) atoms. The van der Waals surface area contributed by atoms with Crippen molar-refractivity contribution >= 4 is 91.6 Å². The van der Waals surface area contributed by atoms with Gasteiger partial charge in [0.15, 0.2) is 0 Å². The van der Waals surface area contributed by atoms with Gasteiger partial charge in [-0.2, -0.15) is 0 Å². The molecule has 270 valence electrons. The third-order valence-corrected chi connectivity index (χ3v) is 9.15. The van der Waals surface area contributed by atoms with Gasteiger partial charge in [-0.1, -0.05) is 107 Å². The quantitative estimate of drug-likeness (QED) is 0.105. The molecule has 0 aliphatic rings. The summed E-state index contributed by atoms with van der Waals surface area (Å²) in [5.74, 6) is -0.102. The molecule has 0 spiro atoms. The van der Waals surface area contributed by atoms with Gasteiger partial charge >= 0.3 is 0 Å². The Morgan fingerprint density at radius 3 is 1.02 bits per heavy atom. The third-order valence-electron chi connectivity index (χ3n) is 8.59. The average Bonchev–Trinajstić information content (AvgIpc) is 2.97. The molecule has 0 unspecified atom stereocenters. The zero-order valence-electron chi connectivity index (χ0n) is 31.7. The number of nitrogens with zero attached hydrogens (tertiary/aromatic N) is 1. The number of nitrogens with one attached hydrogen (secondary N) is 3. The van der Waals surface area contributed by atoms with Crippen LogP contribution in [0.15, 0.2) is 72.8 Å². The Balaban J connectivity index is 1.93. The molecule has 0 saturated heterocycles. The first-order valence-corrected chi connectivity index (χ1v) is 18.9. The number of anilines is 6. The van der Waals surface area contributed by atoms with Crippen molar-refractivity contribution in [3.05, 3.63) is 72.8 Å². The topological polar surface area (TPSA) is 90.5 Å². The Kier molecular flexibility index (Phi) is 13.3. The fourth-order valence-electron chi connectivity index (χ4n) is 6.43. The normalized spacial score (nSPS) is 12.6. The van der Waals surface area contributed by atoms with Gasteiger partial charge in [0.25, 0.3) is 0 Å². The molecule has 7 nitrogen and oxygen atoms in total. The van der Waals surface area contributed by atoms with Crippen LogP contribution in [0.25, 0.3) is 0 Å². The number of hydrogen-bond acceptors (Lipinski definition) is 4. The van der Waals surface area contributed by atoms with Crippen molar-refractivity contribution in [3.8, 4) is 0 Å². The third kappa shape index (κ3) is 12.0. The second-order valence-electron chi connectivity index (χ2n) is 16.5. The van der Waals surface area contributed by atoms with Crippen LogP contribution >= 0.6 is 31.9 Å². The molecular formula is C40H55BBr2N4O3. The van der Waals surface area contributed by atoms with Crippen molar-refractivity contribution in [3.63, 3.8) is 0 Å². The molecule has 3 N–H and O–H groups in total. The van der Waals surface area contributed by atoms with Crippen molar-refractivity contribution in [2.75, 3.05) is 20.9 Å². The molecule has 3 aromatic rings. The molecule has 0 atom stereocenters. The second-order valence-corrected chi connectivity index (χ2v) is 20.8. The van der Waals surface area contributed by atoms with Gasteiger partial charge in [0.1, 0.15) is 7.85 Å². The minimum Gasteiger partial charge on any atom is -0.326 e. The highest BCUT2D eigenvalue weighted by atomic mass is 79.9. The largest absolute Gasteiger partial charge is 0.326 e. The number of carbonyl (C=O) groups excluding carboxylic acids is 3. The Hall–Kier alpha value is -3.11. The minimum atomic E-state index is -0.572. The highest BCUT2D eigenvalue weighted by Crippen LogP contribution is 2.39. The summed E-state index contributed by atoms with van der Waals surface area (Å²) < 4.78 is -0.331. The predicted molar refractivity (Wildman–Crippen MR) is 222 cm³/mol. The molecule has 0 fully saturated rings. The van der Waals surface area contributed by atoms with E-state index in [1.54, 1.807) is 0 Å². The molecule has 0 aromatic heterocycles. The first kappa shape index (κ1) is 41.3. The number of benzene rings is 3. The zero-order valence-corrected chi connectivity index (χ0v) is 34.9. The second kappa shape index (κ2) is 16.1. The van der Waals surface area contributed by atoms with Gasteiger partial charge in [-0.05, 0) is 92.1 Å². The monoisotopic (exact) mass is 808 g/mol. The van der Waals surface area contributed by atoms with Gasteiger partial charge in [-0.3, -0.25) is 14.4 Å². The molecule has 0 bridgehead atoms. The maximum Gasteiger partial charge on any atom is 0.230 e. The smallest absolute Gasteiger partial charge is 0.230 e. The van der Waals surface area contributed by atoms with E-state index in [-0.39, 0.29) is 26.4 Å². The summed E-state index contributed by atoms with van der Waals surface area (Å²) in [7, 11) is 2.08.